The lowest BCUT2D eigenvalue weighted by Gasteiger charge is -2.14. The highest BCUT2D eigenvalue weighted by Crippen LogP contribution is 2.49. The van der Waals surface area contributed by atoms with E-state index >= 15 is 0 Å². The lowest BCUT2D eigenvalue weighted by molar-refractivity contribution is 1.18. The van der Waals surface area contributed by atoms with Gasteiger partial charge in [-0.05, 0) is 75.9 Å². The minimum absolute atomic E-state index is 0.751. The number of hydrogen-bond donors (Lipinski definition) is 0. The van der Waals surface area contributed by atoms with Crippen LogP contribution in [0.15, 0.2) is 185 Å². The summed E-state index contributed by atoms with van der Waals surface area (Å²) in [6.45, 7) is 6.70. The zero-order chi connectivity index (χ0) is 32.9. The van der Waals surface area contributed by atoms with E-state index in [1.807, 2.05) is 30.0 Å². The van der Waals surface area contributed by atoms with Crippen LogP contribution >= 0.6 is 11.8 Å². The smallest absolute Gasteiger partial charge is 0.0869 e. The molecule has 1 aromatic heterocycles. The van der Waals surface area contributed by atoms with Gasteiger partial charge in [-0.2, -0.15) is 0 Å². The molecule has 9 rings (SSSR count). The first-order valence-corrected chi connectivity index (χ1v) is 17.4. The Labute approximate surface area is 290 Å². The van der Waals surface area contributed by atoms with E-state index in [2.05, 4.69) is 164 Å². The van der Waals surface area contributed by atoms with Crippen LogP contribution in [-0.2, 0) is 0 Å². The van der Waals surface area contributed by atoms with E-state index in [1.54, 1.807) is 0 Å². The molecule has 0 bridgehead atoms. The lowest BCUT2D eigenvalue weighted by Crippen LogP contribution is -2.03. The monoisotopic (exact) mass is 644 g/mol. The Morgan fingerprint density at radius 1 is 0.612 bits per heavy atom. The molecule has 49 heavy (non-hydrogen) atoms. The van der Waals surface area contributed by atoms with Gasteiger partial charge in [-0.25, -0.2) is 4.99 Å². The second kappa shape index (κ2) is 12.0. The van der Waals surface area contributed by atoms with Gasteiger partial charge in [-0.3, -0.25) is 0 Å². The largest absolute Gasteiger partial charge is 0.309 e. The van der Waals surface area contributed by atoms with Crippen LogP contribution in [0.2, 0.25) is 0 Å². The third-order valence-corrected chi connectivity index (χ3v) is 10.8. The molecule has 2 nitrogen and oxygen atoms in total. The van der Waals surface area contributed by atoms with Crippen molar-refractivity contribution in [2.24, 2.45) is 4.99 Å². The van der Waals surface area contributed by atoms with Crippen LogP contribution < -0.4 is 0 Å². The molecule has 3 heteroatoms. The quantitative estimate of drug-likeness (QED) is 0.182. The molecule has 0 fully saturated rings. The number of hydrogen-bond acceptors (Lipinski definition) is 2. The number of aromatic nitrogens is 1. The average Bonchev–Trinajstić information content (AvgIpc) is 3.70. The van der Waals surface area contributed by atoms with E-state index in [0.29, 0.717) is 0 Å². The first-order valence-electron chi connectivity index (χ1n) is 16.6. The highest BCUT2D eigenvalue weighted by Gasteiger charge is 2.30. The number of rotatable bonds is 5. The summed E-state index contributed by atoms with van der Waals surface area (Å²) in [5.74, 6) is 0. The standard InChI is InChI=1S/C46H32N2S/c1-30(36-24-13-18-33-17-6-7-21-37(33)36)46-45(47-31(2)32-15-4-3-5-16-32)44-38(25-14-28-43(44)49-46)34-19-12-20-35(29-34)48-41-26-10-8-22-39(41)40-23-9-11-27-42(40)48/h3-29H,2H2,1H3/b46-30-,47-45?. The van der Waals surface area contributed by atoms with Gasteiger partial charge in [-0.1, -0.05) is 152 Å². The van der Waals surface area contributed by atoms with Crippen LogP contribution in [0, 0.1) is 0 Å². The summed E-state index contributed by atoms with van der Waals surface area (Å²) in [5, 5.41) is 4.99. The predicted molar refractivity (Wildman–Crippen MR) is 211 cm³/mol. The molecule has 0 spiro atoms. The van der Waals surface area contributed by atoms with Crippen molar-refractivity contribution in [2.45, 2.75) is 11.8 Å². The number of nitrogens with zero attached hydrogens (tertiary/aromatic N) is 2. The van der Waals surface area contributed by atoms with Crippen LogP contribution in [-0.4, -0.2) is 10.3 Å². The zero-order valence-electron chi connectivity index (χ0n) is 27.1. The topological polar surface area (TPSA) is 17.3 Å². The molecule has 2 heterocycles. The first kappa shape index (κ1) is 29.3. The summed E-state index contributed by atoms with van der Waals surface area (Å²) in [6, 6.07) is 58.4. The molecule has 0 aliphatic carbocycles. The predicted octanol–water partition coefficient (Wildman–Crippen LogP) is 12.6. The molecule has 0 amide bonds. The first-order chi connectivity index (χ1) is 24.2. The van der Waals surface area contributed by atoms with E-state index in [9.17, 15) is 0 Å². The van der Waals surface area contributed by atoms with E-state index in [-0.39, 0.29) is 0 Å². The normalized spacial score (nSPS) is 14.5. The molecule has 1 aliphatic rings. The zero-order valence-corrected chi connectivity index (χ0v) is 27.9. The second-order valence-electron chi connectivity index (χ2n) is 12.5. The van der Waals surface area contributed by atoms with Gasteiger partial charge < -0.3 is 4.57 Å². The van der Waals surface area contributed by atoms with Gasteiger partial charge in [0.15, 0.2) is 0 Å². The van der Waals surface area contributed by atoms with Crippen molar-refractivity contribution < 1.29 is 0 Å². The minimum Gasteiger partial charge on any atom is -0.309 e. The Bertz CT molecular complexity index is 2600. The maximum atomic E-state index is 5.37. The van der Waals surface area contributed by atoms with Crippen molar-refractivity contribution in [3.8, 4) is 16.8 Å². The Kier molecular flexibility index (Phi) is 7.14. The summed E-state index contributed by atoms with van der Waals surface area (Å²) in [7, 11) is 0. The molecular weight excluding hydrogens is 613 g/mol. The Balaban J connectivity index is 1.25. The fraction of sp³-hybridized carbons (Fsp3) is 0.0217. The molecule has 0 unspecified atom stereocenters. The highest BCUT2D eigenvalue weighted by molar-refractivity contribution is 8.05. The number of allylic oxidation sites excluding steroid dienone is 2. The van der Waals surface area contributed by atoms with Gasteiger partial charge in [0.05, 0.1) is 22.4 Å². The molecule has 0 saturated carbocycles. The van der Waals surface area contributed by atoms with Gasteiger partial charge in [-0.15, -0.1) is 0 Å². The molecular formula is C46H32N2S. The lowest BCUT2D eigenvalue weighted by atomic mass is 9.93. The van der Waals surface area contributed by atoms with Crippen LogP contribution in [0.3, 0.4) is 0 Å². The molecule has 0 N–H and O–H groups in total. The Morgan fingerprint density at radius 2 is 1.24 bits per heavy atom. The van der Waals surface area contributed by atoms with Gasteiger partial charge in [0.1, 0.15) is 0 Å². The third kappa shape index (κ3) is 4.94. The maximum Gasteiger partial charge on any atom is 0.0869 e. The fourth-order valence-electron chi connectivity index (χ4n) is 7.25. The SMILES string of the molecule is C=C(N=C1/C(=C(\C)c2cccc3ccccc23)Sc2cccc(-c3cccc(-n4c5ccccc5c5ccccc54)c3)c21)c1ccccc1. The number of aliphatic imine (C=N–C) groups is 1. The van der Waals surface area contributed by atoms with E-state index < -0.39 is 0 Å². The van der Waals surface area contributed by atoms with E-state index in [0.717, 1.165) is 44.3 Å². The van der Waals surface area contributed by atoms with Crippen molar-refractivity contribution in [2.75, 3.05) is 0 Å². The van der Waals surface area contributed by atoms with E-state index in [4.69, 9.17) is 4.99 Å². The van der Waals surface area contributed by atoms with Crippen LogP contribution in [0.25, 0.3) is 60.7 Å². The number of fused-ring (bicyclic) bond motifs is 5. The van der Waals surface area contributed by atoms with Crippen molar-refractivity contribution in [1.82, 2.24) is 4.57 Å². The van der Waals surface area contributed by atoms with E-state index in [1.165, 1.54) is 48.6 Å². The summed E-state index contributed by atoms with van der Waals surface area (Å²) in [6.07, 6.45) is 0. The average molecular weight is 645 g/mol. The molecule has 0 atom stereocenters. The van der Waals surface area contributed by atoms with Gasteiger partial charge >= 0.3 is 0 Å². The maximum absolute atomic E-state index is 5.37. The number of benzene rings is 7. The Morgan fingerprint density at radius 3 is 2.02 bits per heavy atom. The summed E-state index contributed by atoms with van der Waals surface area (Å²) in [4.78, 5) is 7.74. The Hall–Kier alpha value is -5.90. The molecule has 7 aromatic carbocycles. The second-order valence-corrected chi connectivity index (χ2v) is 13.5. The number of thioether (sulfide) groups is 1. The highest BCUT2D eigenvalue weighted by atomic mass is 32.2. The van der Waals surface area contributed by atoms with Crippen molar-refractivity contribution in [3.63, 3.8) is 0 Å². The van der Waals surface area contributed by atoms with Crippen LogP contribution in [0.4, 0.5) is 0 Å². The van der Waals surface area contributed by atoms with Gasteiger partial charge in [0, 0.05) is 31.8 Å². The molecule has 0 saturated heterocycles. The van der Waals surface area contributed by atoms with Crippen LogP contribution in [0.5, 0.6) is 0 Å². The fourth-order valence-corrected chi connectivity index (χ4v) is 8.43. The number of para-hydroxylation sites is 2. The summed E-state index contributed by atoms with van der Waals surface area (Å²) in [5.41, 5.74) is 12.2. The van der Waals surface area contributed by atoms with Crippen LogP contribution in [0.1, 0.15) is 23.6 Å². The van der Waals surface area contributed by atoms with Gasteiger partial charge in [0.25, 0.3) is 0 Å². The minimum atomic E-state index is 0.751. The van der Waals surface area contributed by atoms with Crippen molar-refractivity contribution in [3.05, 3.63) is 192 Å². The molecule has 232 valence electrons. The third-order valence-electron chi connectivity index (χ3n) is 9.57. The summed E-state index contributed by atoms with van der Waals surface area (Å²) >= 11 is 1.81. The summed E-state index contributed by atoms with van der Waals surface area (Å²) < 4.78 is 2.38. The molecule has 1 aliphatic heterocycles. The molecule has 0 radical (unpaired) electrons. The van der Waals surface area contributed by atoms with Crippen molar-refractivity contribution in [1.29, 1.82) is 0 Å². The van der Waals surface area contributed by atoms with Gasteiger partial charge in [0.2, 0.25) is 0 Å². The molecule has 8 aromatic rings. The van der Waals surface area contributed by atoms with Crippen molar-refractivity contribution >= 4 is 61.3 Å².